The highest BCUT2D eigenvalue weighted by Crippen LogP contribution is 2.12. The molecule has 1 aliphatic heterocycles. The van der Waals surface area contributed by atoms with E-state index in [0.29, 0.717) is 6.42 Å². The van der Waals surface area contributed by atoms with Crippen LogP contribution in [0.3, 0.4) is 0 Å². The molecule has 1 saturated heterocycles. The van der Waals surface area contributed by atoms with Gasteiger partial charge in [0.15, 0.2) is 0 Å². The maximum Gasteiger partial charge on any atom is 0.222 e. The largest absolute Gasteiger partial charge is 0.395 e. The van der Waals surface area contributed by atoms with Crippen molar-refractivity contribution >= 4 is 17.2 Å². The molecule has 0 aromatic carbocycles. The highest BCUT2D eigenvalue weighted by Gasteiger charge is 2.24. The van der Waals surface area contributed by atoms with E-state index in [2.05, 4.69) is 28.7 Å². The fourth-order valence-corrected chi connectivity index (χ4v) is 3.39. The van der Waals surface area contributed by atoms with E-state index in [-0.39, 0.29) is 18.6 Å². The Labute approximate surface area is 125 Å². The molecule has 0 radical (unpaired) electrons. The number of nitrogens with zero attached hydrogens (tertiary/aromatic N) is 2. The van der Waals surface area contributed by atoms with Crippen LogP contribution in [0, 0.1) is 0 Å². The first-order valence-electron chi connectivity index (χ1n) is 7.38. The van der Waals surface area contributed by atoms with Gasteiger partial charge in [-0.3, -0.25) is 9.69 Å². The van der Waals surface area contributed by atoms with E-state index in [1.54, 1.807) is 11.3 Å². The number of aryl methyl sites for hydroxylation is 1. The third kappa shape index (κ3) is 4.04. The molecule has 0 spiro atoms. The Hall–Kier alpha value is -0.910. The summed E-state index contributed by atoms with van der Waals surface area (Å²) >= 11 is 1.68. The van der Waals surface area contributed by atoms with Gasteiger partial charge in [-0.15, -0.1) is 0 Å². The van der Waals surface area contributed by atoms with Gasteiger partial charge in [-0.05, 0) is 35.2 Å². The minimum Gasteiger partial charge on any atom is -0.395 e. The number of hydrogen-bond donors (Lipinski definition) is 1. The molecule has 1 amide bonds. The number of thiophene rings is 1. The van der Waals surface area contributed by atoms with Crippen molar-refractivity contribution in [3.05, 3.63) is 22.4 Å². The standard InChI is InChI=1S/C15H24N2O2S/c1-2-14(11-18)16-6-8-17(9-7-16)15(19)4-3-13-5-10-20-12-13/h5,10,12,14,18H,2-4,6-9,11H2,1H3. The third-order valence-electron chi connectivity index (χ3n) is 4.07. The molecule has 20 heavy (non-hydrogen) atoms. The number of carbonyl (C=O) groups is 1. The lowest BCUT2D eigenvalue weighted by Gasteiger charge is -2.38. The van der Waals surface area contributed by atoms with Crippen LogP contribution in [0.5, 0.6) is 0 Å². The van der Waals surface area contributed by atoms with Crippen molar-refractivity contribution in [2.24, 2.45) is 0 Å². The molecule has 1 atom stereocenters. The summed E-state index contributed by atoms with van der Waals surface area (Å²) in [6, 6.07) is 2.33. The van der Waals surface area contributed by atoms with Gasteiger partial charge < -0.3 is 10.0 Å². The molecule has 112 valence electrons. The zero-order chi connectivity index (χ0) is 14.4. The van der Waals surface area contributed by atoms with Gasteiger partial charge in [-0.1, -0.05) is 6.92 Å². The smallest absolute Gasteiger partial charge is 0.222 e. The summed E-state index contributed by atoms with van der Waals surface area (Å²) in [5.41, 5.74) is 1.26. The Bertz CT molecular complexity index is 396. The molecule has 5 heteroatoms. The highest BCUT2D eigenvalue weighted by molar-refractivity contribution is 7.07. The summed E-state index contributed by atoms with van der Waals surface area (Å²) in [4.78, 5) is 16.4. The molecule has 1 fully saturated rings. The lowest BCUT2D eigenvalue weighted by molar-refractivity contribution is -0.133. The van der Waals surface area contributed by atoms with Gasteiger partial charge in [0.1, 0.15) is 0 Å². The first-order valence-corrected chi connectivity index (χ1v) is 8.32. The predicted molar refractivity (Wildman–Crippen MR) is 82.0 cm³/mol. The topological polar surface area (TPSA) is 43.8 Å². The number of amides is 1. The molecule has 1 N–H and O–H groups in total. The molecule has 1 aliphatic rings. The van der Waals surface area contributed by atoms with E-state index in [4.69, 9.17) is 0 Å². The van der Waals surface area contributed by atoms with Gasteiger partial charge in [0.2, 0.25) is 5.91 Å². The van der Waals surface area contributed by atoms with Crippen molar-refractivity contribution in [2.75, 3.05) is 32.8 Å². The van der Waals surface area contributed by atoms with Crippen molar-refractivity contribution in [1.82, 2.24) is 9.80 Å². The van der Waals surface area contributed by atoms with Crippen LogP contribution in [-0.2, 0) is 11.2 Å². The van der Waals surface area contributed by atoms with Crippen LogP contribution in [0.15, 0.2) is 16.8 Å². The molecular weight excluding hydrogens is 272 g/mol. The van der Waals surface area contributed by atoms with Gasteiger partial charge in [0.25, 0.3) is 0 Å². The van der Waals surface area contributed by atoms with Crippen LogP contribution in [0.25, 0.3) is 0 Å². The van der Waals surface area contributed by atoms with E-state index >= 15 is 0 Å². The van der Waals surface area contributed by atoms with Crippen LogP contribution >= 0.6 is 11.3 Å². The van der Waals surface area contributed by atoms with Crippen LogP contribution in [0.4, 0.5) is 0 Å². The maximum absolute atomic E-state index is 12.2. The SMILES string of the molecule is CCC(CO)N1CCN(C(=O)CCc2ccsc2)CC1. The quantitative estimate of drug-likeness (QED) is 0.867. The van der Waals surface area contributed by atoms with E-state index < -0.39 is 0 Å². The van der Waals surface area contributed by atoms with Crippen LogP contribution in [0.1, 0.15) is 25.3 Å². The van der Waals surface area contributed by atoms with Crippen LogP contribution < -0.4 is 0 Å². The Morgan fingerprint density at radius 3 is 2.70 bits per heavy atom. The van der Waals surface area contributed by atoms with Crippen LogP contribution in [0.2, 0.25) is 0 Å². The average Bonchev–Trinajstić information content (AvgIpc) is 3.00. The Balaban J connectivity index is 1.74. The zero-order valence-electron chi connectivity index (χ0n) is 12.1. The summed E-state index contributed by atoms with van der Waals surface area (Å²) in [5, 5.41) is 13.5. The fourth-order valence-electron chi connectivity index (χ4n) is 2.68. The number of hydrogen-bond acceptors (Lipinski definition) is 4. The predicted octanol–water partition coefficient (Wildman–Crippen LogP) is 1.60. The molecule has 2 heterocycles. The van der Waals surface area contributed by atoms with Crippen molar-refractivity contribution in [3.8, 4) is 0 Å². The number of aliphatic hydroxyl groups is 1. The van der Waals surface area contributed by atoms with E-state index in [9.17, 15) is 9.90 Å². The van der Waals surface area contributed by atoms with Crippen molar-refractivity contribution < 1.29 is 9.90 Å². The van der Waals surface area contributed by atoms with Crippen molar-refractivity contribution in [2.45, 2.75) is 32.2 Å². The molecule has 4 nitrogen and oxygen atoms in total. The molecule has 0 bridgehead atoms. The Morgan fingerprint density at radius 1 is 1.40 bits per heavy atom. The second-order valence-electron chi connectivity index (χ2n) is 5.29. The molecule has 0 saturated carbocycles. The first kappa shape index (κ1) is 15.5. The Morgan fingerprint density at radius 2 is 2.15 bits per heavy atom. The van der Waals surface area contributed by atoms with Gasteiger partial charge in [-0.2, -0.15) is 11.3 Å². The van der Waals surface area contributed by atoms with Crippen molar-refractivity contribution in [1.29, 1.82) is 0 Å². The third-order valence-corrected chi connectivity index (χ3v) is 4.81. The molecule has 2 rings (SSSR count). The summed E-state index contributed by atoms with van der Waals surface area (Å²) in [7, 11) is 0. The average molecular weight is 296 g/mol. The van der Waals surface area contributed by atoms with Crippen LogP contribution in [-0.4, -0.2) is 59.6 Å². The lowest BCUT2D eigenvalue weighted by atomic mass is 10.1. The van der Waals surface area contributed by atoms with E-state index in [1.807, 2.05) is 4.90 Å². The summed E-state index contributed by atoms with van der Waals surface area (Å²) in [5.74, 6) is 0.257. The monoisotopic (exact) mass is 296 g/mol. The number of piperazine rings is 1. The fraction of sp³-hybridized carbons (Fsp3) is 0.667. The summed E-state index contributed by atoms with van der Waals surface area (Å²) in [6.45, 7) is 5.65. The van der Waals surface area contributed by atoms with Gasteiger partial charge in [0.05, 0.1) is 6.61 Å². The normalized spacial score (nSPS) is 18.2. The van der Waals surface area contributed by atoms with Gasteiger partial charge in [0, 0.05) is 38.6 Å². The molecule has 1 aromatic heterocycles. The highest BCUT2D eigenvalue weighted by atomic mass is 32.1. The van der Waals surface area contributed by atoms with E-state index in [0.717, 1.165) is 39.0 Å². The first-order chi connectivity index (χ1) is 9.74. The maximum atomic E-state index is 12.2. The van der Waals surface area contributed by atoms with Gasteiger partial charge >= 0.3 is 0 Å². The summed E-state index contributed by atoms with van der Waals surface area (Å²) < 4.78 is 0. The minimum absolute atomic E-state index is 0.211. The molecular formula is C15H24N2O2S. The van der Waals surface area contributed by atoms with Gasteiger partial charge in [-0.25, -0.2) is 0 Å². The van der Waals surface area contributed by atoms with E-state index in [1.165, 1.54) is 5.56 Å². The molecule has 1 aromatic rings. The summed E-state index contributed by atoms with van der Waals surface area (Å²) in [6.07, 6.45) is 2.41. The molecule has 1 unspecified atom stereocenters. The molecule has 0 aliphatic carbocycles. The number of aliphatic hydroxyl groups excluding tert-OH is 1. The number of carbonyl (C=O) groups excluding carboxylic acids is 1. The minimum atomic E-state index is 0.211. The number of rotatable bonds is 6. The zero-order valence-corrected chi connectivity index (χ0v) is 12.9. The second-order valence-corrected chi connectivity index (χ2v) is 6.07. The Kier molecular flexibility index (Phi) is 6.01. The van der Waals surface area contributed by atoms with Crippen molar-refractivity contribution in [3.63, 3.8) is 0 Å². The lowest BCUT2D eigenvalue weighted by Crippen LogP contribution is -2.52. The second kappa shape index (κ2) is 7.76.